The number of benzene rings is 1. The molecule has 1 unspecified atom stereocenters. The van der Waals surface area contributed by atoms with Crippen molar-refractivity contribution in [3.8, 4) is 0 Å². The van der Waals surface area contributed by atoms with Gasteiger partial charge in [0.15, 0.2) is 0 Å². The third kappa shape index (κ3) is 2.41. The molecule has 1 atom stereocenters. The maximum absolute atomic E-state index is 14.6. The number of piperidine rings is 1. The minimum atomic E-state index is -2.78. The molecule has 100 valence electrons. The molecule has 1 nitrogen and oxygen atoms in total. The second-order valence-corrected chi connectivity index (χ2v) is 5.40. The zero-order chi connectivity index (χ0) is 13.3. The van der Waals surface area contributed by atoms with Gasteiger partial charge in [-0.3, -0.25) is 0 Å². The Morgan fingerprint density at radius 2 is 1.72 bits per heavy atom. The molecular weight excluding hydrogens is 232 g/mol. The van der Waals surface area contributed by atoms with Crippen molar-refractivity contribution in [2.24, 2.45) is 0 Å². The Bertz CT molecular complexity index is 411. The first kappa shape index (κ1) is 13.5. The number of hydrogen-bond acceptors (Lipinski definition) is 1. The zero-order valence-electron chi connectivity index (χ0n) is 11.3. The van der Waals surface area contributed by atoms with Crippen molar-refractivity contribution >= 4 is 0 Å². The van der Waals surface area contributed by atoms with Crippen molar-refractivity contribution in [2.75, 3.05) is 6.54 Å². The van der Waals surface area contributed by atoms with E-state index in [4.69, 9.17) is 0 Å². The molecule has 0 aromatic heterocycles. The molecule has 3 heteroatoms. The highest BCUT2D eigenvalue weighted by molar-refractivity contribution is 5.41. The number of aryl methyl sites for hydroxylation is 3. The highest BCUT2D eigenvalue weighted by Gasteiger charge is 2.43. The first-order valence-corrected chi connectivity index (χ1v) is 6.62. The lowest BCUT2D eigenvalue weighted by molar-refractivity contribution is -0.0522. The molecule has 1 aromatic rings. The van der Waals surface area contributed by atoms with Gasteiger partial charge in [-0.2, -0.15) is 8.78 Å². The van der Waals surface area contributed by atoms with Crippen LogP contribution in [0.15, 0.2) is 12.1 Å². The van der Waals surface area contributed by atoms with Crippen LogP contribution < -0.4 is 5.32 Å². The van der Waals surface area contributed by atoms with E-state index in [-0.39, 0.29) is 5.56 Å². The van der Waals surface area contributed by atoms with Gasteiger partial charge in [-0.15, -0.1) is 0 Å². The number of rotatable bonds is 2. The van der Waals surface area contributed by atoms with Gasteiger partial charge in [-0.05, 0) is 51.3 Å². The van der Waals surface area contributed by atoms with E-state index in [1.807, 2.05) is 19.1 Å². The lowest BCUT2D eigenvalue weighted by atomic mass is 9.88. The molecule has 0 radical (unpaired) electrons. The van der Waals surface area contributed by atoms with Crippen LogP contribution in [0, 0.1) is 20.8 Å². The molecule has 1 fully saturated rings. The second-order valence-electron chi connectivity index (χ2n) is 5.40. The highest BCUT2D eigenvalue weighted by atomic mass is 19.3. The van der Waals surface area contributed by atoms with Crippen LogP contribution in [0.3, 0.4) is 0 Å². The van der Waals surface area contributed by atoms with E-state index in [0.717, 1.165) is 18.4 Å². The Kier molecular flexibility index (Phi) is 3.71. The summed E-state index contributed by atoms with van der Waals surface area (Å²) in [4.78, 5) is 0. The second kappa shape index (κ2) is 4.96. The minimum Gasteiger partial charge on any atom is -0.308 e. The molecule has 1 heterocycles. The normalized spacial score (nSPS) is 21.1. The van der Waals surface area contributed by atoms with Gasteiger partial charge in [0.2, 0.25) is 0 Å². The third-order valence-corrected chi connectivity index (χ3v) is 3.76. The summed E-state index contributed by atoms with van der Waals surface area (Å²) in [5, 5.41) is 2.98. The summed E-state index contributed by atoms with van der Waals surface area (Å²) in [5.74, 6) is -2.78. The Hall–Kier alpha value is -0.960. The summed E-state index contributed by atoms with van der Waals surface area (Å²) >= 11 is 0. The van der Waals surface area contributed by atoms with Crippen LogP contribution in [-0.2, 0) is 5.92 Å². The van der Waals surface area contributed by atoms with Crippen molar-refractivity contribution in [3.05, 3.63) is 34.4 Å². The van der Waals surface area contributed by atoms with E-state index in [1.165, 1.54) is 0 Å². The van der Waals surface area contributed by atoms with E-state index in [9.17, 15) is 8.78 Å². The van der Waals surface area contributed by atoms with Gasteiger partial charge in [0.25, 0.3) is 5.92 Å². The highest BCUT2D eigenvalue weighted by Crippen LogP contribution is 2.39. The number of nitrogens with one attached hydrogen (secondary N) is 1. The molecule has 0 bridgehead atoms. The SMILES string of the molecule is Cc1cc(C)c(C(F)(F)C2CCCCN2)c(C)c1. The molecule has 1 saturated heterocycles. The van der Waals surface area contributed by atoms with Gasteiger partial charge < -0.3 is 5.32 Å². The summed E-state index contributed by atoms with van der Waals surface area (Å²) in [6, 6.07) is 2.98. The van der Waals surface area contributed by atoms with Crippen molar-refractivity contribution in [1.29, 1.82) is 0 Å². The first-order valence-electron chi connectivity index (χ1n) is 6.62. The standard InChI is InChI=1S/C15H21F2N/c1-10-8-11(2)14(12(3)9-10)15(16,17)13-6-4-5-7-18-13/h8-9,13,18H,4-7H2,1-3H3. The molecule has 2 rings (SSSR count). The predicted molar refractivity (Wildman–Crippen MR) is 70.2 cm³/mol. The van der Waals surface area contributed by atoms with Crippen LogP contribution in [0.2, 0.25) is 0 Å². The number of alkyl halides is 2. The predicted octanol–water partition coefficient (Wildman–Crippen LogP) is 3.85. The summed E-state index contributed by atoms with van der Waals surface area (Å²) in [5.41, 5.74) is 2.66. The van der Waals surface area contributed by atoms with E-state index < -0.39 is 12.0 Å². The van der Waals surface area contributed by atoms with Gasteiger partial charge >= 0.3 is 0 Å². The molecule has 1 N–H and O–H groups in total. The summed E-state index contributed by atoms with van der Waals surface area (Å²) in [6.45, 7) is 6.21. The topological polar surface area (TPSA) is 12.0 Å². The van der Waals surface area contributed by atoms with E-state index >= 15 is 0 Å². The van der Waals surface area contributed by atoms with Crippen LogP contribution in [0.25, 0.3) is 0 Å². The monoisotopic (exact) mass is 253 g/mol. The minimum absolute atomic E-state index is 0.215. The Morgan fingerprint density at radius 1 is 1.11 bits per heavy atom. The van der Waals surface area contributed by atoms with Crippen molar-refractivity contribution < 1.29 is 8.78 Å². The maximum atomic E-state index is 14.6. The van der Waals surface area contributed by atoms with Crippen molar-refractivity contribution in [1.82, 2.24) is 5.32 Å². The molecule has 0 aliphatic carbocycles. The molecular formula is C15H21F2N. The Balaban J connectivity index is 2.39. The Morgan fingerprint density at radius 3 is 2.22 bits per heavy atom. The lowest BCUT2D eigenvalue weighted by Gasteiger charge is -2.33. The van der Waals surface area contributed by atoms with Crippen molar-refractivity contribution in [2.45, 2.75) is 52.0 Å². The lowest BCUT2D eigenvalue weighted by Crippen LogP contribution is -2.46. The van der Waals surface area contributed by atoms with Gasteiger partial charge in [0, 0.05) is 5.56 Å². The molecule has 0 saturated carbocycles. The van der Waals surface area contributed by atoms with Crippen molar-refractivity contribution in [3.63, 3.8) is 0 Å². The summed E-state index contributed by atoms with van der Waals surface area (Å²) < 4.78 is 29.3. The largest absolute Gasteiger partial charge is 0.308 e. The number of halogens is 2. The third-order valence-electron chi connectivity index (χ3n) is 3.76. The van der Waals surface area contributed by atoms with E-state index in [2.05, 4.69) is 5.32 Å². The smallest absolute Gasteiger partial charge is 0.288 e. The van der Waals surface area contributed by atoms with Gasteiger partial charge in [-0.1, -0.05) is 24.1 Å². The first-order chi connectivity index (χ1) is 8.43. The quantitative estimate of drug-likeness (QED) is 0.844. The van der Waals surface area contributed by atoms with Gasteiger partial charge in [-0.25, -0.2) is 0 Å². The molecule has 1 aromatic carbocycles. The van der Waals surface area contributed by atoms with Crippen LogP contribution >= 0.6 is 0 Å². The molecule has 0 amide bonds. The molecule has 18 heavy (non-hydrogen) atoms. The molecule has 0 spiro atoms. The van der Waals surface area contributed by atoms with Crippen LogP contribution in [0.1, 0.15) is 41.5 Å². The van der Waals surface area contributed by atoms with Gasteiger partial charge in [0.05, 0.1) is 6.04 Å². The zero-order valence-corrected chi connectivity index (χ0v) is 11.3. The molecule has 1 aliphatic rings. The maximum Gasteiger partial charge on any atom is 0.288 e. The fourth-order valence-electron chi connectivity index (χ4n) is 3.04. The average Bonchev–Trinajstić information content (AvgIpc) is 2.28. The summed E-state index contributed by atoms with van der Waals surface area (Å²) in [6.07, 6.45) is 2.44. The Labute approximate surface area is 108 Å². The van der Waals surface area contributed by atoms with Crippen LogP contribution in [-0.4, -0.2) is 12.6 Å². The van der Waals surface area contributed by atoms with Crippen LogP contribution in [0.5, 0.6) is 0 Å². The van der Waals surface area contributed by atoms with E-state index in [1.54, 1.807) is 13.8 Å². The fraction of sp³-hybridized carbons (Fsp3) is 0.600. The number of hydrogen-bond donors (Lipinski definition) is 1. The van der Waals surface area contributed by atoms with Crippen LogP contribution in [0.4, 0.5) is 8.78 Å². The molecule has 1 aliphatic heterocycles. The fourth-order valence-corrected chi connectivity index (χ4v) is 3.04. The van der Waals surface area contributed by atoms with Gasteiger partial charge in [0.1, 0.15) is 0 Å². The van der Waals surface area contributed by atoms with E-state index in [0.29, 0.717) is 24.1 Å². The summed E-state index contributed by atoms with van der Waals surface area (Å²) in [7, 11) is 0. The average molecular weight is 253 g/mol.